The molecule has 0 aliphatic heterocycles. The second-order valence-electron chi connectivity index (χ2n) is 7.53. The molecule has 29 heavy (non-hydrogen) atoms. The number of rotatable bonds is 7. The van der Waals surface area contributed by atoms with Crippen molar-refractivity contribution in [2.45, 2.75) is 43.9 Å². The van der Waals surface area contributed by atoms with Gasteiger partial charge in [-0.1, -0.05) is 19.9 Å². The molecule has 1 heterocycles. The molecule has 0 aliphatic rings. The zero-order valence-corrected chi connectivity index (χ0v) is 16.3. The molecule has 0 saturated carbocycles. The summed E-state index contributed by atoms with van der Waals surface area (Å²) < 4.78 is 60.3. The standard InChI is InChI=1S/C21H23F4NO3/c1-19(2,17-10-15(22)6-7-18(17)27)13-20(28,21(23,24)25)11-16(29-3)9-14-5-4-8-26-12-14/h4-10,12,27-28H,11,13H2,1-3H3/b16-9-. The highest BCUT2D eigenvalue weighted by atomic mass is 19.4. The molecule has 1 atom stereocenters. The van der Waals surface area contributed by atoms with Crippen molar-refractivity contribution >= 4 is 6.08 Å². The topological polar surface area (TPSA) is 62.6 Å². The van der Waals surface area contributed by atoms with Crippen molar-refractivity contribution in [1.82, 2.24) is 4.98 Å². The Bertz CT molecular complexity index is 866. The number of nitrogens with zero attached hydrogens (tertiary/aromatic N) is 1. The lowest BCUT2D eigenvalue weighted by Gasteiger charge is -2.38. The lowest BCUT2D eigenvalue weighted by molar-refractivity contribution is -0.268. The van der Waals surface area contributed by atoms with E-state index in [2.05, 4.69) is 4.98 Å². The number of aliphatic hydroxyl groups is 1. The highest BCUT2D eigenvalue weighted by molar-refractivity contribution is 5.50. The fourth-order valence-corrected chi connectivity index (χ4v) is 3.26. The summed E-state index contributed by atoms with van der Waals surface area (Å²) in [6.07, 6.45) is -2.37. The second-order valence-corrected chi connectivity index (χ2v) is 7.53. The molecule has 1 aromatic heterocycles. The van der Waals surface area contributed by atoms with Gasteiger partial charge in [-0.3, -0.25) is 4.98 Å². The lowest BCUT2D eigenvalue weighted by Crippen LogP contribution is -2.49. The van der Waals surface area contributed by atoms with E-state index in [1.807, 2.05) is 0 Å². The molecule has 2 rings (SSSR count). The number of pyridine rings is 1. The summed E-state index contributed by atoms with van der Waals surface area (Å²) >= 11 is 0. The van der Waals surface area contributed by atoms with Crippen molar-refractivity contribution < 1.29 is 32.5 Å². The Labute approximate surface area is 166 Å². The van der Waals surface area contributed by atoms with Crippen molar-refractivity contribution in [3.63, 3.8) is 0 Å². The van der Waals surface area contributed by atoms with Crippen LogP contribution in [0.2, 0.25) is 0 Å². The Morgan fingerprint density at radius 1 is 1.21 bits per heavy atom. The van der Waals surface area contributed by atoms with Crippen molar-refractivity contribution in [1.29, 1.82) is 0 Å². The maximum atomic E-state index is 13.9. The van der Waals surface area contributed by atoms with Gasteiger partial charge in [0.2, 0.25) is 0 Å². The molecule has 0 spiro atoms. The number of aromatic nitrogens is 1. The Balaban J connectivity index is 2.41. The number of benzene rings is 1. The van der Waals surface area contributed by atoms with Gasteiger partial charge in [0.1, 0.15) is 11.6 Å². The maximum Gasteiger partial charge on any atom is 0.417 e. The van der Waals surface area contributed by atoms with E-state index in [9.17, 15) is 27.8 Å². The summed E-state index contributed by atoms with van der Waals surface area (Å²) in [6, 6.07) is 6.29. The minimum Gasteiger partial charge on any atom is -0.508 e. The Hall–Kier alpha value is -2.61. The van der Waals surface area contributed by atoms with Crippen molar-refractivity contribution in [3.05, 3.63) is 65.4 Å². The molecule has 0 fully saturated rings. The van der Waals surface area contributed by atoms with E-state index in [-0.39, 0.29) is 17.1 Å². The monoisotopic (exact) mass is 413 g/mol. The van der Waals surface area contributed by atoms with Gasteiger partial charge in [0.25, 0.3) is 0 Å². The average molecular weight is 413 g/mol. The summed E-state index contributed by atoms with van der Waals surface area (Å²) in [4.78, 5) is 3.89. The molecule has 158 valence electrons. The highest BCUT2D eigenvalue weighted by Gasteiger charge is 2.56. The summed E-state index contributed by atoms with van der Waals surface area (Å²) in [5.74, 6) is -1.15. The molecular weight excluding hydrogens is 390 g/mol. The number of ether oxygens (including phenoxy) is 1. The van der Waals surface area contributed by atoms with Gasteiger partial charge >= 0.3 is 6.18 Å². The van der Waals surface area contributed by atoms with Crippen LogP contribution in [0.1, 0.15) is 37.8 Å². The van der Waals surface area contributed by atoms with Gasteiger partial charge in [0.15, 0.2) is 5.60 Å². The summed E-state index contributed by atoms with van der Waals surface area (Å²) in [5, 5.41) is 20.7. The second kappa shape index (κ2) is 8.41. The van der Waals surface area contributed by atoms with E-state index in [0.717, 1.165) is 18.2 Å². The molecule has 1 aromatic carbocycles. The molecular formula is C21H23F4NO3. The summed E-state index contributed by atoms with van der Waals surface area (Å²) in [6.45, 7) is 2.80. The molecule has 0 saturated heterocycles. The highest BCUT2D eigenvalue weighted by Crippen LogP contribution is 2.46. The van der Waals surface area contributed by atoms with E-state index >= 15 is 0 Å². The first-order valence-electron chi connectivity index (χ1n) is 8.81. The smallest absolute Gasteiger partial charge is 0.417 e. The molecule has 1 unspecified atom stereocenters. The van der Waals surface area contributed by atoms with Crippen molar-refractivity contribution in [3.8, 4) is 5.75 Å². The van der Waals surface area contributed by atoms with Crippen LogP contribution in [0.3, 0.4) is 0 Å². The minimum absolute atomic E-state index is 0.0321. The quantitative estimate of drug-likeness (QED) is 0.497. The third-order valence-electron chi connectivity index (χ3n) is 4.69. The Morgan fingerprint density at radius 2 is 1.90 bits per heavy atom. The normalized spacial score (nSPS) is 15.1. The first-order valence-corrected chi connectivity index (χ1v) is 8.81. The summed E-state index contributed by atoms with van der Waals surface area (Å²) in [5.41, 5.74) is -4.10. The van der Waals surface area contributed by atoms with Gasteiger partial charge in [0.05, 0.1) is 12.9 Å². The Kier molecular flexibility index (Phi) is 6.57. The molecule has 8 heteroatoms. The fraction of sp³-hybridized carbons (Fsp3) is 0.381. The zero-order valence-electron chi connectivity index (χ0n) is 16.3. The van der Waals surface area contributed by atoms with E-state index in [4.69, 9.17) is 4.74 Å². The van der Waals surface area contributed by atoms with Crippen LogP contribution in [0, 0.1) is 5.82 Å². The van der Waals surface area contributed by atoms with Gasteiger partial charge in [-0.25, -0.2) is 4.39 Å². The molecule has 4 nitrogen and oxygen atoms in total. The number of methoxy groups -OCH3 is 1. The molecule has 0 radical (unpaired) electrons. The predicted octanol–water partition coefficient (Wildman–Crippen LogP) is 4.97. The van der Waals surface area contributed by atoms with E-state index in [0.29, 0.717) is 5.56 Å². The van der Waals surface area contributed by atoms with Gasteiger partial charge < -0.3 is 14.9 Å². The van der Waals surface area contributed by atoms with Crippen molar-refractivity contribution in [2.75, 3.05) is 7.11 Å². The third-order valence-corrected chi connectivity index (χ3v) is 4.69. The first kappa shape index (κ1) is 22.7. The largest absolute Gasteiger partial charge is 0.508 e. The van der Waals surface area contributed by atoms with Crippen molar-refractivity contribution in [2.24, 2.45) is 0 Å². The van der Waals surface area contributed by atoms with Crippen LogP contribution < -0.4 is 0 Å². The van der Waals surface area contributed by atoms with Crippen LogP contribution in [-0.2, 0) is 10.2 Å². The molecule has 2 N–H and O–H groups in total. The molecule has 0 aliphatic carbocycles. The van der Waals surface area contributed by atoms with Crippen LogP contribution >= 0.6 is 0 Å². The number of alkyl halides is 3. The van der Waals surface area contributed by atoms with Gasteiger partial charge in [-0.2, -0.15) is 13.2 Å². The zero-order chi connectivity index (χ0) is 21.9. The predicted molar refractivity (Wildman–Crippen MR) is 101 cm³/mol. The van der Waals surface area contributed by atoms with Crippen LogP contribution in [-0.4, -0.2) is 34.1 Å². The van der Waals surface area contributed by atoms with Crippen LogP contribution in [0.15, 0.2) is 48.5 Å². The van der Waals surface area contributed by atoms with Crippen LogP contribution in [0.5, 0.6) is 5.75 Å². The van der Waals surface area contributed by atoms with Gasteiger partial charge in [-0.15, -0.1) is 0 Å². The maximum absolute atomic E-state index is 13.9. The molecule has 0 bridgehead atoms. The third kappa shape index (κ3) is 5.47. The van der Waals surface area contributed by atoms with Gasteiger partial charge in [0, 0.05) is 24.4 Å². The Morgan fingerprint density at radius 3 is 2.45 bits per heavy atom. The van der Waals surface area contributed by atoms with Crippen LogP contribution in [0.25, 0.3) is 6.08 Å². The number of aromatic hydroxyl groups is 1. The number of phenols is 1. The van der Waals surface area contributed by atoms with Crippen LogP contribution in [0.4, 0.5) is 17.6 Å². The van der Waals surface area contributed by atoms with E-state index in [1.54, 1.807) is 12.1 Å². The SMILES string of the molecule is CO/C(=C\c1cccnc1)CC(O)(CC(C)(C)c1cc(F)ccc1O)C(F)(F)F. The molecule has 0 amide bonds. The first-order chi connectivity index (χ1) is 13.4. The fourth-order valence-electron chi connectivity index (χ4n) is 3.26. The average Bonchev–Trinajstić information content (AvgIpc) is 2.62. The van der Waals surface area contributed by atoms with E-state index < -0.39 is 35.9 Å². The number of phenolic OH excluding ortho intramolecular Hbond substituents is 1. The summed E-state index contributed by atoms with van der Waals surface area (Å²) in [7, 11) is 1.21. The number of halogens is 4. The van der Waals surface area contributed by atoms with Gasteiger partial charge in [-0.05, 0) is 47.7 Å². The van der Waals surface area contributed by atoms with E-state index in [1.165, 1.54) is 39.4 Å². The molecule has 2 aromatic rings. The lowest BCUT2D eigenvalue weighted by atomic mass is 9.73. The number of hydrogen-bond acceptors (Lipinski definition) is 4. The minimum atomic E-state index is -5.00. The number of hydrogen-bond donors (Lipinski definition) is 2.